The molecule has 0 radical (unpaired) electrons. The second kappa shape index (κ2) is 7.14. The quantitative estimate of drug-likeness (QED) is 0.852. The number of piperidine rings is 3. The van der Waals surface area contributed by atoms with E-state index in [1.165, 1.54) is 58.2 Å². The number of rotatable bonds is 4. The molecule has 2 N–H and O–H groups in total. The highest BCUT2D eigenvalue weighted by molar-refractivity contribution is 6.31. The van der Waals surface area contributed by atoms with Gasteiger partial charge in [-0.15, -0.1) is 0 Å². The number of imidazole rings is 1. The average molecular weight is 373 g/mol. The largest absolute Gasteiger partial charge is 0.342 e. The summed E-state index contributed by atoms with van der Waals surface area (Å²) in [5, 5.41) is 4.67. The zero-order chi connectivity index (χ0) is 17.5. The monoisotopic (exact) mass is 372 g/mol. The van der Waals surface area contributed by atoms with Crippen molar-refractivity contribution in [3.05, 3.63) is 29.0 Å². The number of hydrogen-bond acceptors (Lipinski definition) is 3. The normalized spacial score (nSPS) is 31.9. The third-order valence-corrected chi connectivity index (χ3v) is 7.15. The molecule has 4 atom stereocenters. The molecule has 4 nitrogen and oxygen atoms in total. The Morgan fingerprint density at radius 2 is 2.19 bits per heavy atom. The van der Waals surface area contributed by atoms with Crippen LogP contribution >= 0.6 is 11.6 Å². The van der Waals surface area contributed by atoms with Crippen molar-refractivity contribution in [1.29, 1.82) is 0 Å². The maximum atomic E-state index is 6.07. The predicted molar refractivity (Wildman–Crippen MR) is 107 cm³/mol. The van der Waals surface area contributed by atoms with Gasteiger partial charge in [-0.3, -0.25) is 4.90 Å². The Morgan fingerprint density at radius 3 is 3.15 bits per heavy atom. The molecular formula is C21H29ClN4. The molecule has 1 aromatic heterocycles. The van der Waals surface area contributed by atoms with Crippen LogP contribution in [0.3, 0.4) is 0 Å². The van der Waals surface area contributed by atoms with Crippen molar-refractivity contribution in [3.8, 4) is 0 Å². The van der Waals surface area contributed by atoms with Gasteiger partial charge in [0.25, 0.3) is 0 Å². The first-order valence-corrected chi connectivity index (χ1v) is 10.8. The molecule has 0 aliphatic carbocycles. The van der Waals surface area contributed by atoms with E-state index in [2.05, 4.69) is 15.2 Å². The Kier molecular flexibility index (Phi) is 4.68. The fraction of sp³-hybridized carbons (Fsp3) is 0.667. The van der Waals surface area contributed by atoms with E-state index in [0.717, 1.165) is 46.2 Å². The maximum Gasteiger partial charge on any atom is 0.107 e. The first-order valence-electron chi connectivity index (χ1n) is 10.4. The van der Waals surface area contributed by atoms with Crippen LogP contribution in [0.1, 0.15) is 44.3 Å². The predicted octanol–water partition coefficient (Wildman–Crippen LogP) is 4.00. The van der Waals surface area contributed by atoms with Crippen LogP contribution in [-0.4, -0.2) is 46.6 Å². The SMILES string of the molecule is Clc1ccc2nc(CCCC3NCC4CC3CN3CCCCC43)[nH]c2c1. The molecule has 3 saturated heterocycles. The number of aromatic nitrogens is 2. The lowest BCUT2D eigenvalue weighted by atomic mass is 9.73. The van der Waals surface area contributed by atoms with Crippen molar-refractivity contribution in [2.45, 2.75) is 57.0 Å². The lowest BCUT2D eigenvalue weighted by Crippen LogP contribution is -2.61. The van der Waals surface area contributed by atoms with E-state index in [9.17, 15) is 0 Å². The first-order chi connectivity index (χ1) is 12.8. The highest BCUT2D eigenvalue weighted by atomic mass is 35.5. The number of hydrogen-bond donors (Lipinski definition) is 2. The lowest BCUT2D eigenvalue weighted by Gasteiger charge is -2.52. The molecule has 4 unspecified atom stereocenters. The summed E-state index contributed by atoms with van der Waals surface area (Å²) in [7, 11) is 0. The van der Waals surface area contributed by atoms with Gasteiger partial charge in [-0.1, -0.05) is 18.0 Å². The number of halogens is 1. The molecule has 5 rings (SSSR count). The van der Waals surface area contributed by atoms with Crippen LogP contribution in [0, 0.1) is 11.8 Å². The Labute approximate surface area is 160 Å². The molecule has 2 bridgehead atoms. The minimum Gasteiger partial charge on any atom is -0.342 e. The van der Waals surface area contributed by atoms with E-state index < -0.39 is 0 Å². The topological polar surface area (TPSA) is 44.0 Å². The number of H-pyrrole nitrogens is 1. The second-order valence-corrected chi connectivity index (χ2v) is 9.00. The van der Waals surface area contributed by atoms with E-state index in [1.54, 1.807) is 0 Å². The average Bonchev–Trinajstić information content (AvgIpc) is 3.05. The Balaban J connectivity index is 1.18. The van der Waals surface area contributed by atoms with Crippen LogP contribution in [0.4, 0.5) is 0 Å². The summed E-state index contributed by atoms with van der Waals surface area (Å²) in [5.41, 5.74) is 2.07. The van der Waals surface area contributed by atoms with Gasteiger partial charge < -0.3 is 10.3 Å². The second-order valence-electron chi connectivity index (χ2n) is 8.57. The van der Waals surface area contributed by atoms with Crippen molar-refractivity contribution in [1.82, 2.24) is 20.2 Å². The molecule has 26 heavy (non-hydrogen) atoms. The molecule has 3 aliphatic heterocycles. The maximum absolute atomic E-state index is 6.07. The van der Waals surface area contributed by atoms with Crippen LogP contribution < -0.4 is 5.32 Å². The molecule has 3 fully saturated rings. The van der Waals surface area contributed by atoms with Crippen LogP contribution in [0.15, 0.2) is 18.2 Å². The molecule has 0 spiro atoms. The summed E-state index contributed by atoms with van der Waals surface area (Å²) in [6.07, 6.45) is 9.19. The van der Waals surface area contributed by atoms with Gasteiger partial charge in [-0.2, -0.15) is 0 Å². The summed E-state index contributed by atoms with van der Waals surface area (Å²) in [4.78, 5) is 11.0. The van der Waals surface area contributed by atoms with Crippen molar-refractivity contribution in [2.24, 2.45) is 11.8 Å². The summed E-state index contributed by atoms with van der Waals surface area (Å²) in [6.45, 7) is 3.89. The number of aromatic amines is 1. The van der Waals surface area contributed by atoms with Crippen molar-refractivity contribution in [2.75, 3.05) is 19.6 Å². The van der Waals surface area contributed by atoms with Gasteiger partial charge in [0.05, 0.1) is 11.0 Å². The standard InChI is InChI=1S/C21H29ClN4/c22-16-7-8-18-19(11-16)25-21(24-18)6-3-4-17-15-10-14(12-23-17)20-5-1-2-9-26(20)13-15/h7-8,11,14-15,17,20,23H,1-6,9-10,12-13H2,(H,24,25). The molecule has 0 amide bonds. The van der Waals surface area contributed by atoms with E-state index in [4.69, 9.17) is 16.6 Å². The van der Waals surface area contributed by atoms with Gasteiger partial charge in [-0.05, 0) is 75.2 Å². The number of aryl methyl sites for hydroxylation is 1. The molecule has 2 aromatic rings. The number of nitrogens with one attached hydrogen (secondary N) is 2. The molecule has 0 saturated carbocycles. The van der Waals surface area contributed by atoms with Crippen molar-refractivity contribution in [3.63, 3.8) is 0 Å². The highest BCUT2D eigenvalue weighted by Gasteiger charge is 2.42. The number of benzene rings is 1. The highest BCUT2D eigenvalue weighted by Crippen LogP contribution is 2.38. The van der Waals surface area contributed by atoms with E-state index in [0.29, 0.717) is 6.04 Å². The third kappa shape index (κ3) is 3.28. The number of nitrogens with zero attached hydrogens (tertiary/aromatic N) is 2. The fourth-order valence-corrected chi connectivity index (χ4v) is 5.83. The summed E-state index contributed by atoms with van der Waals surface area (Å²) in [6, 6.07) is 7.43. The smallest absolute Gasteiger partial charge is 0.107 e. The van der Waals surface area contributed by atoms with Gasteiger partial charge in [0.2, 0.25) is 0 Å². The Morgan fingerprint density at radius 1 is 1.23 bits per heavy atom. The van der Waals surface area contributed by atoms with E-state index in [1.807, 2.05) is 18.2 Å². The van der Waals surface area contributed by atoms with E-state index >= 15 is 0 Å². The fourth-order valence-electron chi connectivity index (χ4n) is 5.66. The van der Waals surface area contributed by atoms with Gasteiger partial charge in [0, 0.05) is 30.1 Å². The first kappa shape index (κ1) is 17.0. The summed E-state index contributed by atoms with van der Waals surface area (Å²) < 4.78 is 0. The lowest BCUT2D eigenvalue weighted by molar-refractivity contribution is -0.00857. The Hall–Kier alpha value is -1.10. The Bertz CT molecular complexity index is 770. The zero-order valence-electron chi connectivity index (χ0n) is 15.4. The minimum absolute atomic E-state index is 0.688. The van der Waals surface area contributed by atoms with Crippen molar-refractivity contribution < 1.29 is 0 Å². The van der Waals surface area contributed by atoms with Crippen LogP contribution in [0.2, 0.25) is 5.02 Å². The van der Waals surface area contributed by atoms with E-state index in [-0.39, 0.29) is 0 Å². The third-order valence-electron chi connectivity index (χ3n) is 6.92. The van der Waals surface area contributed by atoms with Crippen LogP contribution in [0.25, 0.3) is 11.0 Å². The van der Waals surface area contributed by atoms with Crippen molar-refractivity contribution >= 4 is 22.6 Å². The molecule has 1 aromatic carbocycles. The van der Waals surface area contributed by atoms with Gasteiger partial charge in [0.15, 0.2) is 0 Å². The molecule has 5 heteroatoms. The molecular weight excluding hydrogens is 344 g/mol. The van der Waals surface area contributed by atoms with Crippen LogP contribution in [0.5, 0.6) is 0 Å². The number of fused-ring (bicyclic) bond motifs is 5. The molecule has 4 heterocycles. The summed E-state index contributed by atoms with van der Waals surface area (Å²) in [5.74, 6) is 2.83. The van der Waals surface area contributed by atoms with Gasteiger partial charge in [-0.25, -0.2) is 4.98 Å². The summed E-state index contributed by atoms with van der Waals surface area (Å²) >= 11 is 6.07. The minimum atomic E-state index is 0.688. The molecule has 140 valence electrons. The molecule has 3 aliphatic rings. The van der Waals surface area contributed by atoms with Gasteiger partial charge in [0.1, 0.15) is 5.82 Å². The zero-order valence-corrected chi connectivity index (χ0v) is 16.1. The van der Waals surface area contributed by atoms with Gasteiger partial charge >= 0.3 is 0 Å². The van der Waals surface area contributed by atoms with Crippen LogP contribution in [-0.2, 0) is 6.42 Å².